The van der Waals surface area contributed by atoms with Crippen LogP contribution in [0.4, 0.5) is 10.5 Å². The van der Waals surface area contributed by atoms with E-state index in [4.69, 9.17) is 9.15 Å². The molecule has 3 aromatic rings. The summed E-state index contributed by atoms with van der Waals surface area (Å²) in [7, 11) is 0. The van der Waals surface area contributed by atoms with E-state index in [1.165, 1.54) is 0 Å². The highest BCUT2D eigenvalue weighted by Crippen LogP contribution is 2.19. The van der Waals surface area contributed by atoms with Crippen molar-refractivity contribution in [3.05, 3.63) is 60.0 Å². The molecule has 1 aliphatic heterocycles. The Bertz CT molecular complexity index is 915. The van der Waals surface area contributed by atoms with Crippen LogP contribution in [0.1, 0.15) is 16.1 Å². The molecule has 2 N–H and O–H groups in total. The summed E-state index contributed by atoms with van der Waals surface area (Å²) in [5.74, 6) is 0.288. The van der Waals surface area contributed by atoms with Gasteiger partial charge in [0.1, 0.15) is 12.3 Å². The maximum absolute atomic E-state index is 12.3. The Hall–Kier alpha value is -3.55. The lowest BCUT2D eigenvalue weighted by atomic mass is 10.2. The van der Waals surface area contributed by atoms with Gasteiger partial charge in [0.15, 0.2) is 11.5 Å². The molecule has 2 aromatic heterocycles. The second-order valence-electron chi connectivity index (χ2n) is 5.83. The van der Waals surface area contributed by atoms with E-state index in [1.54, 1.807) is 41.5 Å². The smallest absolute Gasteiger partial charge is 0.410 e. The van der Waals surface area contributed by atoms with Crippen molar-refractivity contribution in [3.63, 3.8) is 0 Å². The topological polar surface area (TPSA) is 100 Å². The van der Waals surface area contributed by atoms with E-state index in [9.17, 15) is 9.59 Å². The summed E-state index contributed by atoms with van der Waals surface area (Å²) in [5, 5.41) is 9.57. The number of carbonyl (C=O) groups is 2. The van der Waals surface area contributed by atoms with Gasteiger partial charge in [0.25, 0.3) is 5.91 Å². The number of hydrogen-bond donors (Lipinski definition) is 2. The lowest BCUT2D eigenvalue weighted by molar-refractivity contribution is 0.102. The largest absolute Gasteiger partial charge is 0.463 e. The first-order valence-electron chi connectivity index (χ1n) is 8.10. The normalized spacial score (nSPS) is 13.7. The van der Waals surface area contributed by atoms with Crippen LogP contribution >= 0.6 is 0 Å². The van der Waals surface area contributed by atoms with Crippen LogP contribution in [0.2, 0.25) is 0 Å². The van der Waals surface area contributed by atoms with Gasteiger partial charge >= 0.3 is 6.09 Å². The predicted molar refractivity (Wildman–Crippen MR) is 92.4 cm³/mol. The van der Waals surface area contributed by atoms with Gasteiger partial charge in [-0.3, -0.25) is 9.89 Å². The average Bonchev–Trinajstić information content (AvgIpc) is 3.38. The first-order valence-corrected chi connectivity index (χ1v) is 8.10. The summed E-state index contributed by atoms with van der Waals surface area (Å²) in [4.78, 5) is 25.4. The molecule has 26 heavy (non-hydrogen) atoms. The highest BCUT2D eigenvalue weighted by atomic mass is 16.6. The van der Waals surface area contributed by atoms with Gasteiger partial charge in [0, 0.05) is 18.3 Å². The molecule has 0 atom stereocenters. The number of H-pyrrole nitrogens is 1. The number of anilines is 1. The third-order valence-corrected chi connectivity index (χ3v) is 4.03. The average molecular weight is 352 g/mol. The number of hydrogen-bond acceptors (Lipinski definition) is 5. The maximum atomic E-state index is 12.3. The molecule has 1 aliphatic rings. The lowest BCUT2D eigenvalue weighted by Crippen LogP contribution is -2.23. The number of nitrogens with zero attached hydrogens (tertiary/aromatic N) is 2. The third kappa shape index (κ3) is 3.30. The molecule has 8 heteroatoms. The zero-order valence-electron chi connectivity index (χ0n) is 13.8. The Morgan fingerprint density at radius 2 is 2.12 bits per heavy atom. The summed E-state index contributed by atoms with van der Waals surface area (Å²) in [6, 6.07) is 12.5. The lowest BCUT2D eigenvalue weighted by Gasteiger charge is -2.12. The van der Waals surface area contributed by atoms with E-state index in [-0.39, 0.29) is 17.7 Å². The predicted octanol–water partition coefficient (Wildman–Crippen LogP) is 2.87. The maximum Gasteiger partial charge on any atom is 0.410 e. The highest BCUT2D eigenvalue weighted by molar-refractivity contribution is 6.03. The zero-order valence-corrected chi connectivity index (χ0v) is 13.8. The first-order chi connectivity index (χ1) is 12.7. The fraction of sp³-hybridized carbons (Fsp3) is 0.167. The fourth-order valence-corrected chi connectivity index (χ4v) is 2.67. The SMILES string of the molecule is O=C(Nc1ccc(CN2CCOC2=O)cc1)c1cc(-c2ccco2)[nH]n1. The van der Waals surface area contributed by atoms with E-state index < -0.39 is 0 Å². The van der Waals surface area contributed by atoms with E-state index >= 15 is 0 Å². The number of carbonyl (C=O) groups excluding carboxylic acids is 2. The van der Waals surface area contributed by atoms with Gasteiger partial charge in [-0.2, -0.15) is 5.10 Å². The van der Waals surface area contributed by atoms with Gasteiger partial charge in [-0.05, 0) is 29.8 Å². The number of aromatic nitrogens is 2. The van der Waals surface area contributed by atoms with Crippen molar-refractivity contribution in [2.24, 2.45) is 0 Å². The van der Waals surface area contributed by atoms with Crippen LogP contribution in [0.15, 0.2) is 53.1 Å². The Morgan fingerprint density at radius 1 is 1.27 bits per heavy atom. The Balaban J connectivity index is 1.39. The molecule has 0 unspecified atom stereocenters. The van der Waals surface area contributed by atoms with E-state index in [0.717, 1.165) is 5.56 Å². The standard InChI is InChI=1S/C18H16N4O4/c23-17(15-10-14(20-21-15)16-2-1-8-25-16)19-13-5-3-12(4-6-13)11-22-7-9-26-18(22)24/h1-6,8,10H,7,9,11H2,(H,19,23)(H,20,21). The molecule has 0 radical (unpaired) electrons. The minimum atomic E-state index is -0.324. The second kappa shape index (κ2) is 6.75. The third-order valence-electron chi connectivity index (χ3n) is 4.03. The molecular weight excluding hydrogens is 336 g/mol. The van der Waals surface area contributed by atoms with Gasteiger partial charge < -0.3 is 19.4 Å². The molecule has 132 valence electrons. The molecule has 2 amide bonds. The number of nitrogens with one attached hydrogen (secondary N) is 2. The summed E-state index contributed by atoms with van der Waals surface area (Å²) < 4.78 is 10.2. The summed E-state index contributed by atoms with van der Waals surface area (Å²) in [6.45, 7) is 1.50. The fourth-order valence-electron chi connectivity index (χ4n) is 2.67. The minimum absolute atomic E-state index is 0.264. The van der Waals surface area contributed by atoms with Crippen LogP contribution in [0.25, 0.3) is 11.5 Å². The summed E-state index contributed by atoms with van der Waals surface area (Å²) in [6.07, 6.45) is 1.26. The molecule has 8 nitrogen and oxygen atoms in total. The summed E-state index contributed by atoms with van der Waals surface area (Å²) >= 11 is 0. The van der Waals surface area contributed by atoms with E-state index in [1.807, 2.05) is 12.1 Å². The molecule has 0 aliphatic carbocycles. The Morgan fingerprint density at radius 3 is 2.81 bits per heavy atom. The number of furan rings is 1. The second-order valence-corrected chi connectivity index (χ2v) is 5.83. The number of rotatable bonds is 5. The molecule has 4 rings (SSSR count). The first kappa shape index (κ1) is 15.9. The van der Waals surface area contributed by atoms with E-state index in [0.29, 0.717) is 36.8 Å². The van der Waals surface area contributed by atoms with Crippen LogP contribution in [0, 0.1) is 0 Å². The zero-order chi connectivity index (χ0) is 17.9. The number of amides is 2. The Labute approximate surface area is 148 Å². The van der Waals surface area contributed by atoms with Crippen molar-refractivity contribution >= 4 is 17.7 Å². The molecule has 0 bridgehead atoms. The molecule has 1 fully saturated rings. The van der Waals surface area contributed by atoms with Crippen molar-refractivity contribution in [2.45, 2.75) is 6.54 Å². The van der Waals surface area contributed by atoms with Gasteiger partial charge in [-0.1, -0.05) is 12.1 Å². The molecule has 0 spiro atoms. The van der Waals surface area contributed by atoms with Crippen molar-refractivity contribution < 1.29 is 18.7 Å². The quantitative estimate of drug-likeness (QED) is 0.735. The van der Waals surface area contributed by atoms with Crippen LogP contribution in [0.3, 0.4) is 0 Å². The van der Waals surface area contributed by atoms with Gasteiger partial charge in [-0.15, -0.1) is 0 Å². The number of benzene rings is 1. The number of ether oxygens (including phenoxy) is 1. The van der Waals surface area contributed by atoms with Crippen molar-refractivity contribution in [3.8, 4) is 11.5 Å². The number of cyclic esters (lactones) is 1. The molecule has 0 saturated carbocycles. The number of aromatic amines is 1. The minimum Gasteiger partial charge on any atom is -0.463 e. The van der Waals surface area contributed by atoms with Crippen LogP contribution < -0.4 is 5.32 Å². The van der Waals surface area contributed by atoms with Crippen LogP contribution in [-0.2, 0) is 11.3 Å². The van der Waals surface area contributed by atoms with Crippen molar-refractivity contribution in [2.75, 3.05) is 18.5 Å². The van der Waals surface area contributed by atoms with Crippen LogP contribution in [-0.4, -0.2) is 40.2 Å². The van der Waals surface area contributed by atoms with Gasteiger partial charge in [0.2, 0.25) is 0 Å². The van der Waals surface area contributed by atoms with Gasteiger partial charge in [-0.25, -0.2) is 4.79 Å². The van der Waals surface area contributed by atoms with Crippen molar-refractivity contribution in [1.29, 1.82) is 0 Å². The highest BCUT2D eigenvalue weighted by Gasteiger charge is 2.21. The van der Waals surface area contributed by atoms with Crippen LogP contribution in [0.5, 0.6) is 0 Å². The molecular formula is C18H16N4O4. The molecule has 3 heterocycles. The monoisotopic (exact) mass is 352 g/mol. The van der Waals surface area contributed by atoms with Gasteiger partial charge in [0.05, 0.1) is 12.8 Å². The van der Waals surface area contributed by atoms with E-state index in [2.05, 4.69) is 15.5 Å². The molecule has 1 aromatic carbocycles. The molecule has 1 saturated heterocycles. The summed E-state index contributed by atoms with van der Waals surface area (Å²) in [5.41, 5.74) is 2.50. The Kier molecular flexibility index (Phi) is 4.14. The van der Waals surface area contributed by atoms with Crippen molar-refractivity contribution in [1.82, 2.24) is 15.1 Å².